The summed E-state index contributed by atoms with van der Waals surface area (Å²) in [5.74, 6) is -0.271. The molecule has 3 aromatic rings. The van der Waals surface area contributed by atoms with Crippen LogP contribution in [0, 0.1) is 5.41 Å². The van der Waals surface area contributed by atoms with Crippen molar-refractivity contribution in [2.45, 2.75) is 39.5 Å². The van der Waals surface area contributed by atoms with Crippen molar-refractivity contribution in [1.29, 1.82) is 0 Å². The van der Waals surface area contributed by atoms with Crippen molar-refractivity contribution in [2.24, 2.45) is 5.41 Å². The van der Waals surface area contributed by atoms with E-state index < -0.39 is 17.6 Å². The zero-order valence-corrected chi connectivity index (χ0v) is 18.7. The van der Waals surface area contributed by atoms with Gasteiger partial charge in [-0.2, -0.15) is 0 Å². The molecule has 0 fully saturated rings. The Morgan fingerprint density at radius 2 is 1.22 bits per heavy atom. The molecule has 0 radical (unpaired) electrons. The predicted molar refractivity (Wildman–Crippen MR) is 126 cm³/mol. The van der Waals surface area contributed by atoms with Gasteiger partial charge in [0.15, 0.2) is 0 Å². The van der Waals surface area contributed by atoms with Gasteiger partial charge in [-0.1, -0.05) is 112 Å². The van der Waals surface area contributed by atoms with Crippen LogP contribution in [0.2, 0.25) is 0 Å². The van der Waals surface area contributed by atoms with Crippen LogP contribution in [-0.4, -0.2) is 18.0 Å². The Hall–Kier alpha value is -3.60. The van der Waals surface area contributed by atoms with Gasteiger partial charge in [0, 0.05) is 0 Å². The summed E-state index contributed by atoms with van der Waals surface area (Å²) in [5.41, 5.74) is 2.29. The van der Waals surface area contributed by atoms with Crippen LogP contribution >= 0.6 is 0 Å². The lowest BCUT2D eigenvalue weighted by molar-refractivity contribution is -0.126. The molecule has 3 aromatic carbocycles. The topological polar surface area (TPSA) is 67.4 Å². The first-order valence-corrected chi connectivity index (χ1v) is 10.7. The molecule has 0 aromatic heterocycles. The van der Waals surface area contributed by atoms with Crippen LogP contribution in [0.5, 0.6) is 0 Å². The second kappa shape index (κ2) is 10.6. The van der Waals surface area contributed by atoms with Crippen molar-refractivity contribution in [3.8, 4) is 0 Å². The van der Waals surface area contributed by atoms with Gasteiger partial charge in [0.1, 0.15) is 12.6 Å². The third-order valence-electron chi connectivity index (χ3n) is 5.16. The minimum Gasteiger partial charge on any atom is -0.445 e. The van der Waals surface area contributed by atoms with E-state index in [0.29, 0.717) is 0 Å². The highest BCUT2D eigenvalue weighted by Gasteiger charge is 2.34. The van der Waals surface area contributed by atoms with Crippen LogP contribution in [0.3, 0.4) is 0 Å². The number of carbonyl (C=O) groups excluding carboxylic acids is 2. The first kappa shape index (κ1) is 23.1. The summed E-state index contributed by atoms with van der Waals surface area (Å²) >= 11 is 0. The number of hydrogen-bond acceptors (Lipinski definition) is 3. The van der Waals surface area contributed by atoms with Crippen LogP contribution in [0.25, 0.3) is 0 Å². The zero-order chi connectivity index (χ0) is 23.0. The monoisotopic (exact) mass is 430 g/mol. The van der Waals surface area contributed by atoms with E-state index >= 15 is 0 Å². The van der Waals surface area contributed by atoms with Gasteiger partial charge in [0.25, 0.3) is 0 Å². The van der Waals surface area contributed by atoms with Crippen LogP contribution in [0.15, 0.2) is 91.0 Å². The highest BCUT2D eigenvalue weighted by molar-refractivity contribution is 5.87. The Kier molecular flexibility index (Phi) is 7.66. The van der Waals surface area contributed by atoms with Crippen LogP contribution < -0.4 is 10.6 Å². The van der Waals surface area contributed by atoms with Gasteiger partial charge >= 0.3 is 6.09 Å². The van der Waals surface area contributed by atoms with Crippen LogP contribution in [0.4, 0.5) is 4.79 Å². The molecule has 5 nitrogen and oxygen atoms in total. The maximum absolute atomic E-state index is 13.4. The summed E-state index contributed by atoms with van der Waals surface area (Å²) in [6, 6.07) is 27.9. The van der Waals surface area contributed by atoms with Crippen LogP contribution in [-0.2, 0) is 16.1 Å². The largest absolute Gasteiger partial charge is 0.445 e. The Morgan fingerprint density at radius 1 is 0.750 bits per heavy atom. The molecule has 3 rings (SSSR count). The SMILES string of the molecule is CC(C)(C)[C@H](NC(=O)OCc1ccccc1)C(=O)NC(c1ccccc1)c1ccccc1. The number of nitrogens with one attached hydrogen (secondary N) is 2. The fourth-order valence-corrected chi connectivity index (χ4v) is 3.43. The van der Waals surface area contributed by atoms with E-state index in [4.69, 9.17) is 4.74 Å². The Morgan fingerprint density at radius 3 is 1.69 bits per heavy atom. The molecule has 0 heterocycles. The lowest BCUT2D eigenvalue weighted by Crippen LogP contribution is -2.54. The van der Waals surface area contributed by atoms with Crippen molar-refractivity contribution in [2.75, 3.05) is 0 Å². The van der Waals surface area contributed by atoms with Crippen LogP contribution in [0.1, 0.15) is 43.5 Å². The lowest BCUT2D eigenvalue weighted by Gasteiger charge is -2.32. The third kappa shape index (κ3) is 6.45. The zero-order valence-electron chi connectivity index (χ0n) is 18.7. The molecule has 32 heavy (non-hydrogen) atoms. The van der Waals surface area contributed by atoms with Gasteiger partial charge in [-0.25, -0.2) is 4.79 Å². The van der Waals surface area contributed by atoms with Crippen molar-refractivity contribution in [1.82, 2.24) is 10.6 Å². The molecule has 0 aliphatic rings. The molecular weight excluding hydrogens is 400 g/mol. The first-order chi connectivity index (χ1) is 15.3. The number of ether oxygens (including phenoxy) is 1. The van der Waals surface area contributed by atoms with Crippen molar-refractivity contribution in [3.63, 3.8) is 0 Å². The van der Waals surface area contributed by atoms with E-state index in [1.807, 2.05) is 112 Å². The molecule has 0 bridgehead atoms. The van der Waals surface area contributed by atoms with Gasteiger partial charge in [-0.05, 0) is 22.1 Å². The summed E-state index contributed by atoms with van der Waals surface area (Å²) < 4.78 is 5.35. The average Bonchev–Trinajstić information content (AvgIpc) is 2.80. The molecule has 2 amide bonds. The lowest BCUT2D eigenvalue weighted by atomic mass is 9.85. The van der Waals surface area contributed by atoms with Crippen molar-refractivity contribution < 1.29 is 14.3 Å². The molecule has 166 valence electrons. The highest BCUT2D eigenvalue weighted by Crippen LogP contribution is 2.25. The number of hydrogen-bond donors (Lipinski definition) is 2. The second-order valence-electron chi connectivity index (χ2n) is 8.77. The maximum Gasteiger partial charge on any atom is 0.408 e. The summed E-state index contributed by atoms with van der Waals surface area (Å²) in [7, 11) is 0. The molecule has 0 saturated heterocycles. The molecule has 5 heteroatoms. The quantitative estimate of drug-likeness (QED) is 0.539. The molecule has 0 aliphatic heterocycles. The van der Waals surface area contributed by atoms with Gasteiger partial charge in [0.2, 0.25) is 5.91 Å². The van der Waals surface area contributed by atoms with E-state index in [2.05, 4.69) is 10.6 Å². The summed E-state index contributed by atoms with van der Waals surface area (Å²) in [4.78, 5) is 25.9. The minimum atomic E-state index is -0.777. The molecular formula is C27H30N2O3. The number of benzene rings is 3. The van der Waals surface area contributed by atoms with E-state index in [-0.39, 0.29) is 18.6 Å². The van der Waals surface area contributed by atoms with E-state index in [1.165, 1.54) is 0 Å². The van der Waals surface area contributed by atoms with Gasteiger partial charge in [0.05, 0.1) is 6.04 Å². The Bertz CT molecular complexity index is 960. The van der Waals surface area contributed by atoms with Gasteiger partial charge < -0.3 is 15.4 Å². The third-order valence-corrected chi connectivity index (χ3v) is 5.16. The number of rotatable bonds is 7. The molecule has 0 saturated carbocycles. The van der Waals surface area contributed by atoms with Crippen molar-refractivity contribution in [3.05, 3.63) is 108 Å². The number of alkyl carbamates (subject to hydrolysis) is 1. The van der Waals surface area contributed by atoms with Gasteiger partial charge in [-0.3, -0.25) is 4.79 Å². The molecule has 2 N–H and O–H groups in total. The summed E-state index contributed by atoms with van der Waals surface area (Å²) in [5, 5.41) is 5.89. The number of amides is 2. The standard InChI is InChI=1S/C27H30N2O3/c1-27(2,3)24(29-26(31)32-19-20-13-7-4-8-14-20)25(30)28-23(21-15-9-5-10-16-21)22-17-11-6-12-18-22/h4-18,23-24H,19H2,1-3H3,(H,28,30)(H,29,31)/t24-/m1/s1. The van der Waals surface area contributed by atoms with E-state index in [0.717, 1.165) is 16.7 Å². The Labute approximate surface area is 189 Å². The van der Waals surface area contributed by atoms with E-state index in [9.17, 15) is 9.59 Å². The first-order valence-electron chi connectivity index (χ1n) is 10.7. The summed E-state index contributed by atoms with van der Waals surface area (Å²) in [6.07, 6.45) is -0.625. The normalized spacial score (nSPS) is 12.1. The second-order valence-corrected chi connectivity index (χ2v) is 8.77. The average molecular weight is 431 g/mol. The fraction of sp³-hybridized carbons (Fsp3) is 0.259. The Balaban J connectivity index is 1.74. The highest BCUT2D eigenvalue weighted by atomic mass is 16.5. The summed E-state index contributed by atoms with van der Waals surface area (Å²) in [6.45, 7) is 5.88. The van der Waals surface area contributed by atoms with Gasteiger partial charge in [-0.15, -0.1) is 0 Å². The number of carbonyl (C=O) groups is 2. The van der Waals surface area contributed by atoms with E-state index in [1.54, 1.807) is 0 Å². The predicted octanol–water partition coefficient (Wildman–Crippen LogP) is 5.23. The van der Waals surface area contributed by atoms with Crippen molar-refractivity contribution >= 4 is 12.0 Å². The molecule has 0 unspecified atom stereocenters. The molecule has 0 spiro atoms. The maximum atomic E-state index is 13.4. The smallest absolute Gasteiger partial charge is 0.408 e. The molecule has 1 atom stereocenters. The molecule has 0 aliphatic carbocycles. The minimum absolute atomic E-state index is 0.141. The fourth-order valence-electron chi connectivity index (χ4n) is 3.43.